The van der Waals surface area contributed by atoms with Gasteiger partial charge in [0.2, 0.25) is 10.0 Å². The van der Waals surface area contributed by atoms with E-state index in [4.69, 9.17) is 5.11 Å². The number of hydrogen-bond acceptors (Lipinski definition) is 4. The van der Waals surface area contributed by atoms with Gasteiger partial charge in [-0.05, 0) is 20.8 Å². The van der Waals surface area contributed by atoms with Gasteiger partial charge in [0.15, 0.2) is 0 Å². The number of hydrogen-bond donors (Lipinski definition) is 1. The van der Waals surface area contributed by atoms with E-state index in [0.29, 0.717) is 13.1 Å². The van der Waals surface area contributed by atoms with Gasteiger partial charge in [0.1, 0.15) is 11.9 Å². The summed E-state index contributed by atoms with van der Waals surface area (Å²) in [4.78, 5) is 12.2. The van der Waals surface area contributed by atoms with E-state index in [1.54, 1.807) is 0 Å². The second-order valence-electron chi connectivity index (χ2n) is 4.27. The van der Waals surface area contributed by atoms with Gasteiger partial charge in [-0.2, -0.15) is 4.31 Å². The summed E-state index contributed by atoms with van der Waals surface area (Å²) in [5.74, 6) is -1.20. The van der Waals surface area contributed by atoms with Gasteiger partial charge in [-0.15, -0.1) is 0 Å². The van der Waals surface area contributed by atoms with Crippen molar-refractivity contribution < 1.29 is 18.3 Å². The van der Waals surface area contributed by atoms with Crippen molar-refractivity contribution in [2.75, 3.05) is 19.0 Å². The highest BCUT2D eigenvalue weighted by Crippen LogP contribution is 2.16. The van der Waals surface area contributed by atoms with Crippen molar-refractivity contribution in [3.05, 3.63) is 0 Å². The zero-order valence-corrected chi connectivity index (χ0v) is 10.6. The third-order valence-corrected chi connectivity index (χ3v) is 4.75. The third-order valence-electron chi connectivity index (χ3n) is 2.77. The highest BCUT2D eigenvalue weighted by atomic mass is 32.2. The first kappa shape index (κ1) is 13.4. The molecule has 0 bridgehead atoms. The molecule has 1 fully saturated rings. The molecule has 16 heavy (non-hydrogen) atoms. The second kappa shape index (κ2) is 4.68. The summed E-state index contributed by atoms with van der Waals surface area (Å²) in [6.07, 6.45) is 0. The van der Waals surface area contributed by atoms with Crippen LogP contribution in [0.3, 0.4) is 0 Å². The van der Waals surface area contributed by atoms with Crippen LogP contribution in [-0.2, 0) is 14.8 Å². The lowest BCUT2D eigenvalue weighted by Crippen LogP contribution is -2.55. The Morgan fingerprint density at radius 2 is 1.81 bits per heavy atom. The fourth-order valence-electron chi connectivity index (χ4n) is 1.76. The normalized spacial score (nSPS) is 24.5. The van der Waals surface area contributed by atoms with Crippen molar-refractivity contribution in [1.29, 1.82) is 0 Å². The predicted molar refractivity (Wildman–Crippen MR) is 59.4 cm³/mol. The van der Waals surface area contributed by atoms with Gasteiger partial charge >= 0.3 is 5.97 Å². The second-order valence-corrected chi connectivity index (χ2v) is 6.16. The van der Waals surface area contributed by atoms with Crippen LogP contribution in [0.5, 0.6) is 0 Å². The Hall–Kier alpha value is -0.660. The minimum absolute atomic E-state index is 0.0766. The molecule has 1 aliphatic rings. The van der Waals surface area contributed by atoms with Gasteiger partial charge < -0.3 is 5.11 Å². The molecule has 0 aromatic heterocycles. The van der Waals surface area contributed by atoms with Gasteiger partial charge in [0.05, 0.1) is 0 Å². The molecule has 1 heterocycles. The Balaban J connectivity index is 2.79. The number of aliphatic carboxylic acids is 1. The SMILES string of the molecule is CC(C)N1CCN([C@@H](C)C(=O)O)CS1(=O)=O. The van der Waals surface area contributed by atoms with Gasteiger partial charge in [-0.25, -0.2) is 8.42 Å². The molecule has 94 valence electrons. The lowest BCUT2D eigenvalue weighted by molar-refractivity contribution is -0.142. The minimum atomic E-state index is -3.35. The van der Waals surface area contributed by atoms with E-state index >= 15 is 0 Å². The highest BCUT2D eigenvalue weighted by molar-refractivity contribution is 7.89. The Kier molecular flexibility index (Phi) is 3.92. The first-order valence-corrected chi connectivity index (χ1v) is 6.83. The molecule has 1 N–H and O–H groups in total. The minimum Gasteiger partial charge on any atom is -0.480 e. The maximum atomic E-state index is 11.9. The van der Waals surface area contributed by atoms with Crippen LogP contribution in [0.2, 0.25) is 0 Å². The molecule has 1 saturated heterocycles. The van der Waals surface area contributed by atoms with Crippen LogP contribution >= 0.6 is 0 Å². The molecule has 1 rings (SSSR count). The Morgan fingerprint density at radius 3 is 2.19 bits per heavy atom. The summed E-state index contributed by atoms with van der Waals surface area (Å²) >= 11 is 0. The molecule has 0 spiro atoms. The number of carbonyl (C=O) groups is 1. The van der Waals surface area contributed by atoms with Crippen molar-refractivity contribution >= 4 is 16.0 Å². The lowest BCUT2D eigenvalue weighted by atomic mass is 10.3. The van der Waals surface area contributed by atoms with Gasteiger partial charge in [0.25, 0.3) is 0 Å². The van der Waals surface area contributed by atoms with E-state index in [1.807, 2.05) is 13.8 Å². The molecule has 6 nitrogen and oxygen atoms in total. The molecule has 0 saturated carbocycles. The summed E-state index contributed by atoms with van der Waals surface area (Å²) in [5.41, 5.74) is 0. The molecule has 7 heteroatoms. The van der Waals surface area contributed by atoms with Gasteiger partial charge in [-0.1, -0.05) is 0 Å². The quantitative estimate of drug-likeness (QED) is 0.749. The standard InChI is InChI=1S/C9H18N2O4S/c1-7(2)11-5-4-10(6-16(11,14)15)8(3)9(12)13/h7-8H,4-6H2,1-3H3,(H,12,13)/t8-/m0/s1. The highest BCUT2D eigenvalue weighted by Gasteiger charge is 2.35. The molecule has 0 radical (unpaired) electrons. The summed E-state index contributed by atoms with van der Waals surface area (Å²) in [6, 6.07) is -0.837. The number of rotatable bonds is 3. The molecule has 0 aliphatic carbocycles. The van der Waals surface area contributed by atoms with E-state index in [9.17, 15) is 13.2 Å². The van der Waals surface area contributed by atoms with Crippen molar-refractivity contribution in [3.8, 4) is 0 Å². The topological polar surface area (TPSA) is 77.9 Å². The average molecular weight is 250 g/mol. The zero-order valence-electron chi connectivity index (χ0n) is 9.75. The van der Waals surface area contributed by atoms with Crippen molar-refractivity contribution in [3.63, 3.8) is 0 Å². The number of carboxylic acids is 1. The maximum absolute atomic E-state index is 11.9. The number of sulfonamides is 1. The first-order valence-electron chi connectivity index (χ1n) is 5.22. The summed E-state index contributed by atoms with van der Waals surface area (Å²) in [6.45, 7) is 5.95. The summed E-state index contributed by atoms with van der Waals surface area (Å²) < 4.78 is 25.1. The monoisotopic (exact) mass is 250 g/mol. The lowest BCUT2D eigenvalue weighted by Gasteiger charge is -2.37. The van der Waals surface area contributed by atoms with Crippen LogP contribution in [0, 0.1) is 0 Å². The molecule has 0 amide bonds. The Bertz CT molecular complexity index is 366. The number of nitrogens with zero attached hydrogens (tertiary/aromatic N) is 2. The van der Waals surface area contributed by atoms with Crippen LogP contribution in [0.25, 0.3) is 0 Å². The maximum Gasteiger partial charge on any atom is 0.320 e. The fourth-order valence-corrected chi connectivity index (χ4v) is 3.68. The Labute approximate surface area is 95.9 Å². The molecule has 1 atom stereocenters. The average Bonchev–Trinajstić information content (AvgIpc) is 2.13. The molecular formula is C9H18N2O4S. The van der Waals surface area contributed by atoms with E-state index < -0.39 is 22.0 Å². The van der Waals surface area contributed by atoms with Crippen molar-refractivity contribution in [2.24, 2.45) is 0 Å². The largest absolute Gasteiger partial charge is 0.480 e. The molecule has 0 aromatic rings. The van der Waals surface area contributed by atoms with E-state index in [-0.39, 0.29) is 11.9 Å². The molecule has 0 aromatic carbocycles. The number of carboxylic acid groups (broad SMARTS) is 1. The summed E-state index contributed by atoms with van der Waals surface area (Å²) in [7, 11) is -3.35. The molecular weight excluding hydrogens is 232 g/mol. The van der Waals surface area contributed by atoms with Crippen LogP contribution in [0.15, 0.2) is 0 Å². The predicted octanol–water partition coefficient (Wildman–Crippen LogP) is -0.227. The van der Waals surface area contributed by atoms with Crippen molar-refractivity contribution in [1.82, 2.24) is 9.21 Å². The van der Waals surface area contributed by atoms with Gasteiger partial charge in [0, 0.05) is 19.1 Å². The zero-order chi connectivity index (χ0) is 12.5. The fraction of sp³-hybridized carbons (Fsp3) is 0.889. The molecule has 0 unspecified atom stereocenters. The smallest absolute Gasteiger partial charge is 0.320 e. The molecule has 1 aliphatic heterocycles. The Morgan fingerprint density at radius 1 is 1.25 bits per heavy atom. The van der Waals surface area contributed by atoms with Gasteiger partial charge in [-0.3, -0.25) is 9.69 Å². The summed E-state index contributed by atoms with van der Waals surface area (Å²) in [5, 5.41) is 8.83. The first-order chi connectivity index (χ1) is 7.25. The third kappa shape index (κ3) is 2.72. The van der Waals surface area contributed by atoms with E-state index in [1.165, 1.54) is 16.1 Å². The van der Waals surface area contributed by atoms with Crippen LogP contribution < -0.4 is 0 Å². The van der Waals surface area contributed by atoms with Crippen molar-refractivity contribution in [2.45, 2.75) is 32.9 Å². The van der Waals surface area contributed by atoms with Crippen LogP contribution in [-0.4, -0.2) is 59.7 Å². The van der Waals surface area contributed by atoms with E-state index in [0.717, 1.165) is 0 Å². The van der Waals surface area contributed by atoms with E-state index in [2.05, 4.69) is 0 Å². The van der Waals surface area contributed by atoms with Crippen LogP contribution in [0.1, 0.15) is 20.8 Å². The van der Waals surface area contributed by atoms with Crippen LogP contribution in [0.4, 0.5) is 0 Å².